The highest BCUT2D eigenvalue weighted by Crippen LogP contribution is 2.20. The summed E-state index contributed by atoms with van der Waals surface area (Å²) in [6.45, 7) is 5.82. The number of rotatable bonds is 6. The Morgan fingerprint density at radius 1 is 1.11 bits per heavy atom. The highest BCUT2D eigenvalue weighted by atomic mass is 32.2. The summed E-state index contributed by atoms with van der Waals surface area (Å²) >= 11 is 0. The summed E-state index contributed by atoms with van der Waals surface area (Å²) in [5, 5.41) is 0. The standard InChI is InChI=1S/C21H27N3O3S/c1-16(2)18-3-5-20(6-4-18)28(26,27)23-15-17-9-13-24(14-10-17)21(25)19-7-11-22-12-8-19/h3-8,11-12,16-17,23H,9-10,13-15H2,1-2H3. The number of pyridine rings is 1. The molecular weight excluding hydrogens is 374 g/mol. The van der Waals surface area contributed by atoms with Crippen LogP contribution in [0.1, 0.15) is 48.5 Å². The van der Waals surface area contributed by atoms with Gasteiger partial charge in [-0.3, -0.25) is 9.78 Å². The zero-order valence-corrected chi connectivity index (χ0v) is 17.2. The number of nitrogens with zero attached hydrogens (tertiary/aromatic N) is 2. The van der Waals surface area contributed by atoms with Gasteiger partial charge in [0.05, 0.1) is 4.90 Å². The summed E-state index contributed by atoms with van der Waals surface area (Å²) in [6.07, 6.45) is 4.79. The summed E-state index contributed by atoms with van der Waals surface area (Å²) in [4.78, 5) is 18.5. The van der Waals surface area contributed by atoms with E-state index in [4.69, 9.17) is 0 Å². The average Bonchev–Trinajstić information content (AvgIpc) is 2.73. The molecule has 0 atom stereocenters. The van der Waals surface area contributed by atoms with Gasteiger partial charge in [-0.05, 0) is 54.5 Å². The molecule has 0 radical (unpaired) electrons. The molecule has 7 heteroatoms. The van der Waals surface area contributed by atoms with Crippen LogP contribution in [0.5, 0.6) is 0 Å². The molecular formula is C21H27N3O3S. The lowest BCUT2D eigenvalue weighted by atomic mass is 9.97. The van der Waals surface area contributed by atoms with Crippen molar-refractivity contribution in [3.8, 4) is 0 Å². The monoisotopic (exact) mass is 401 g/mol. The molecule has 1 N–H and O–H groups in total. The Kier molecular flexibility index (Phi) is 6.46. The van der Waals surface area contributed by atoms with Crippen molar-refractivity contribution in [3.05, 3.63) is 59.9 Å². The normalized spacial score (nSPS) is 15.8. The van der Waals surface area contributed by atoms with Crippen LogP contribution in [0.3, 0.4) is 0 Å². The number of hydrogen-bond donors (Lipinski definition) is 1. The lowest BCUT2D eigenvalue weighted by molar-refractivity contribution is 0.0692. The van der Waals surface area contributed by atoms with E-state index >= 15 is 0 Å². The Bertz CT molecular complexity index is 888. The fourth-order valence-corrected chi connectivity index (χ4v) is 4.48. The molecule has 0 spiro atoms. The number of sulfonamides is 1. The molecule has 150 valence electrons. The minimum absolute atomic E-state index is 0.00618. The van der Waals surface area contributed by atoms with Crippen molar-refractivity contribution >= 4 is 15.9 Å². The van der Waals surface area contributed by atoms with Crippen LogP contribution in [-0.4, -0.2) is 43.8 Å². The topological polar surface area (TPSA) is 79.4 Å². The van der Waals surface area contributed by atoms with E-state index in [1.807, 2.05) is 17.0 Å². The number of aromatic nitrogens is 1. The second kappa shape index (κ2) is 8.84. The third-order valence-corrected chi connectivity index (χ3v) is 6.69. The second-order valence-corrected chi connectivity index (χ2v) is 9.31. The van der Waals surface area contributed by atoms with Crippen molar-refractivity contribution < 1.29 is 13.2 Å². The summed E-state index contributed by atoms with van der Waals surface area (Å²) < 4.78 is 27.8. The molecule has 3 rings (SSSR count). The van der Waals surface area contributed by atoms with E-state index in [2.05, 4.69) is 23.6 Å². The Labute approximate surface area is 167 Å². The number of carbonyl (C=O) groups is 1. The van der Waals surface area contributed by atoms with Crippen molar-refractivity contribution in [2.45, 2.75) is 37.5 Å². The van der Waals surface area contributed by atoms with Gasteiger partial charge in [-0.25, -0.2) is 13.1 Å². The molecule has 1 amide bonds. The number of piperidine rings is 1. The highest BCUT2D eigenvalue weighted by molar-refractivity contribution is 7.89. The van der Waals surface area contributed by atoms with Gasteiger partial charge in [0.25, 0.3) is 5.91 Å². The predicted octanol–water partition coefficient (Wildman–Crippen LogP) is 3.04. The van der Waals surface area contributed by atoms with Crippen molar-refractivity contribution in [2.75, 3.05) is 19.6 Å². The van der Waals surface area contributed by atoms with Gasteiger partial charge >= 0.3 is 0 Å². The molecule has 1 aromatic heterocycles. The van der Waals surface area contributed by atoms with Crippen LogP contribution >= 0.6 is 0 Å². The molecule has 28 heavy (non-hydrogen) atoms. The molecule has 0 bridgehead atoms. The third-order valence-electron chi connectivity index (χ3n) is 5.25. The Morgan fingerprint density at radius 2 is 1.71 bits per heavy atom. The lowest BCUT2D eigenvalue weighted by Crippen LogP contribution is -2.41. The Balaban J connectivity index is 1.51. The largest absolute Gasteiger partial charge is 0.339 e. The smallest absolute Gasteiger partial charge is 0.253 e. The van der Waals surface area contributed by atoms with Gasteiger partial charge in [0.2, 0.25) is 10.0 Å². The van der Waals surface area contributed by atoms with Gasteiger partial charge in [0.15, 0.2) is 0 Å². The number of amides is 1. The van der Waals surface area contributed by atoms with Crippen molar-refractivity contribution in [1.29, 1.82) is 0 Å². The zero-order valence-electron chi connectivity index (χ0n) is 16.3. The molecule has 1 saturated heterocycles. The van der Waals surface area contributed by atoms with E-state index in [9.17, 15) is 13.2 Å². The van der Waals surface area contributed by atoms with Crippen LogP contribution in [0.2, 0.25) is 0 Å². The summed E-state index contributed by atoms with van der Waals surface area (Å²) in [6, 6.07) is 10.5. The first-order chi connectivity index (χ1) is 13.4. The van der Waals surface area contributed by atoms with Gasteiger partial charge in [-0.2, -0.15) is 0 Å². The average molecular weight is 402 g/mol. The first kappa shape index (κ1) is 20.5. The fraction of sp³-hybridized carbons (Fsp3) is 0.429. The minimum Gasteiger partial charge on any atom is -0.339 e. The van der Waals surface area contributed by atoms with E-state index in [1.165, 1.54) is 0 Å². The van der Waals surface area contributed by atoms with Crippen molar-refractivity contribution in [2.24, 2.45) is 5.92 Å². The number of benzene rings is 1. The molecule has 2 heterocycles. The maximum atomic E-state index is 12.5. The van der Waals surface area contributed by atoms with E-state index in [1.54, 1.807) is 36.7 Å². The third kappa shape index (κ3) is 4.97. The molecule has 1 aliphatic heterocycles. The van der Waals surface area contributed by atoms with Crippen LogP contribution in [0.4, 0.5) is 0 Å². The molecule has 6 nitrogen and oxygen atoms in total. The van der Waals surface area contributed by atoms with Gasteiger partial charge < -0.3 is 4.90 Å². The zero-order chi connectivity index (χ0) is 20.1. The van der Waals surface area contributed by atoms with Crippen LogP contribution in [0.25, 0.3) is 0 Å². The summed E-state index contributed by atoms with van der Waals surface area (Å²) in [7, 11) is -3.51. The number of likely N-dealkylation sites (tertiary alicyclic amines) is 1. The highest BCUT2D eigenvalue weighted by Gasteiger charge is 2.25. The molecule has 0 saturated carbocycles. The quantitative estimate of drug-likeness (QED) is 0.807. The minimum atomic E-state index is -3.51. The predicted molar refractivity (Wildman–Crippen MR) is 109 cm³/mol. The SMILES string of the molecule is CC(C)c1ccc(S(=O)(=O)NCC2CCN(C(=O)c3ccncc3)CC2)cc1. The second-order valence-electron chi connectivity index (χ2n) is 7.55. The first-order valence-electron chi connectivity index (χ1n) is 9.66. The number of carbonyl (C=O) groups excluding carboxylic acids is 1. The van der Waals surface area contributed by atoms with E-state index in [0.717, 1.165) is 18.4 Å². The fourth-order valence-electron chi connectivity index (χ4n) is 3.36. The van der Waals surface area contributed by atoms with E-state index in [0.29, 0.717) is 36.0 Å². The molecule has 0 aliphatic carbocycles. The van der Waals surface area contributed by atoms with Crippen LogP contribution < -0.4 is 4.72 Å². The summed E-state index contributed by atoms with van der Waals surface area (Å²) in [5.74, 6) is 0.600. The molecule has 1 aromatic carbocycles. The van der Waals surface area contributed by atoms with Crippen molar-refractivity contribution in [3.63, 3.8) is 0 Å². The van der Waals surface area contributed by atoms with Crippen LogP contribution in [-0.2, 0) is 10.0 Å². The number of hydrogen-bond acceptors (Lipinski definition) is 4. The van der Waals surface area contributed by atoms with Gasteiger partial charge in [-0.15, -0.1) is 0 Å². The Morgan fingerprint density at radius 3 is 2.29 bits per heavy atom. The van der Waals surface area contributed by atoms with Crippen LogP contribution in [0.15, 0.2) is 53.7 Å². The molecule has 1 aliphatic rings. The maximum absolute atomic E-state index is 12.5. The van der Waals surface area contributed by atoms with E-state index < -0.39 is 10.0 Å². The Hall–Kier alpha value is -2.25. The van der Waals surface area contributed by atoms with Gasteiger partial charge in [0.1, 0.15) is 0 Å². The van der Waals surface area contributed by atoms with E-state index in [-0.39, 0.29) is 11.8 Å². The summed E-state index contributed by atoms with van der Waals surface area (Å²) in [5.41, 5.74) is 1.75. The number of nitrogens with one attached hydrogen (secondary N) is 1. The first-order valence-corrected chi connectivity index (χ1v) is 11.1. The van der Waals surface area contributed by atoms with Gasteiger partial charge in [-0.1, -0.05) is 26.0 Å². The maximum Gasteiger partial charge on any atom is 0.253 e. The van der Waals surface area contributed by atoms with Gasteiger partial charge in [0, 0.05) is 37.6 Å². The molecule has 0 unspecified atom stereocenters. The lowest BCUT2D eigenvalue weighted by Gasteiger charge is -2.32. The molecule has 1 fully saturated rings. The van der Waals surface area contributed by atoms with Crippen LogP contribution in [0, 0.1) is 5.92 Å². The van der Waals surface area contributed by atoms with Crippen molar-refractivity contribution in [1.82, 2.24) is 14.6 Å². The molecule has 2 aromatic rings.